The van der Waals surface area contributed by atoms with Crippen molar-refractivity contribution in [1.82, 2.24) is 4.90 Å². The lowest BCUT2D eigenvalue weighted by molar-refractivity contribution is -0.214. The standard InChI is InChI=1S/C17H22N2O2/c1-16(2)12-8-9-17(3,21-16)14-13(12)19(14)15(20)10-4-6-11(18)7-5-10/h4-7,12-14H,8-9,18H2,1-3H3. The second-order valence-electron chi connectivity index (χ2n) is 7.43. The van der Waals surface area contributed by atoms with Gasteiger partial charge in [-0.3, -0.25) is 4.79 Å². The molecule has 1 aromatic rings. The molecule has 0 radical (unpaired) electrons. The molecule has 1 aromatic carbocycles. The zero-order valence-corrected chi connectivity index (χ0v) is 12.8. The van der Waals surface area contributed by atoms with E-state index in [-0.39, 0.29) is 23.2 Å². The topological polar surface area (TPSA) is 55.3 Å². The highest BCUT2D eigenvalue weighted by Crippen LogP contribution is 2.60. The van der Waals surface area contributed by atoms with Crippen LogP contribution in [0.15, 0.2) is 24.3 Å². The van der Waals surface area contributed by atoms with Crippen molar-refractivity contribution >= 4 is 11.6 Å². The van der Waals surface area contributed by atoms with Gasteiger partial charge in [-0.1, -0.05) is 0 Å². The second-order valence-corrected chi connectivity index (χ2v) is 7.43. The predicted octanol–water partition coefficient (Wildman–Crippen LogP) is 2.44. The lowest BCUT2D eigenvalue weighted by Crippen LogP contribution is -2.58. The Hall–Kier alpha value is -1.55. The molecule has 3 heterocycles. The van der Waals surface area contributed by atoms with Crippen LogP contribution in [0.4, 0.5) is 5.69 Å². The second kappa shape index (κ2) is 3.80. The van der Waals surface area contributed by atoms with E-state index in [0.29, 0.717) is 17.6 Å². The van der Waals surface area contributed by atoms with Crippen molar-refractivity contribution in [2.45, 2.75) is 56.9 Å². The van der Waals surface area contributed by atoms with E-state index in [9.17, 15) is 4.79 Å². The smallest absolute Gasteiger partial charge is 0.254 e. The van der Waals surface area contributed by atoms with Crippen LogP contribution in [-0.2, 0) is 4.74 Å². The number of hydrogen-bond donors (Lipinski definition) is 1. The molecule has 2 bridgehead atoms. The van der Waals surface area contributed by atoms with E-state index >= 15 is 0 Å². The van der Waals surface area contributed by atoms with Gasteiger partial charge in [0.15, 0.2) is 0 Å². The average molecular weight is 286 g/mol. The molecule has 4 aliphatic rings. The Kier molecular flexibility index (Phi) is 2.38. The molecule has 4 atom stereocenters. The van der Waals surface area contributed by atoms with E-state index in [4.69, 9.17) is 10.5 Å². The van der Waals surface area contributed by atoms with Crippen molar-refractivity contribution in [3.63, 3.8) is 0 Å². The van der Waals surface area contributed by atoms with Crippen molar-refractivity contribution in [1.29, 1.82) is 0 Å². The summed E-state index contributed by atoms with van der Waals surface area (Å²) in [7, 11) is 0. The number of carbonyl (C=O) groups excluding carboxylic acids is 1. The van der Waals surface area contributed by atoms with Gasteiger partial charge in [0, 0.05) is 17.2 Å². The van der Waals surface area contributed by atoms with Crippen LogP contribution in [0.25, 0.3) is 0 Å². The molecule has 0 aromatic heterocycles. The Morgan fingerprint density at radius 1 is 1.29 bits per heavy atom. The highest BCUT2D eigenvalue weighted by molar-refractivity contribution is 5.97. The largest absolute Gasteiger partial charge is 0.399 e. The minimum atomic E-state index is -0.188. The van der Waals surface area contributed by atoms with Crippen LogP contribution in [-0.4, -0.2) is 34.1 Å². The van der Waals surface area contributed by atoms with Gasteiger partial charge in [0.1, 0.15) is 0 Å². The van der Waals surface area contributed by atoms with Gasteiger partial charge in [0.05, 0.1) is 23.3 Å². The molecule has 1 amide bonds. The highest BCUT2D eigenvalue weighted by atomic mass is 16.5. The summed E-state index contributed by atoms with van der Waals surface area (Å²) in [5.41, 5.74) is 6.79. The van der Waals surface area contributed by atoms with E-state index in [1.54, 1.807) is 12.1 Å². The van der Waals surface area contributed by atoms with Gasteiger partial charge in [0.25, 0.3) is 5.91 Å². The molecule has 2 N–H and O–H groups in total. The molecule has 1 aliphatic carbocycles. The number of ether oxygens (including phenoxy) is 1. The molecular formula is C17H22N2O2. The molecule has 4 heteroatoms. The minimum Gasteiger partial charge on any atom is -0.399 e. The molecule has 3 saturated heterocycles. The first-order valence-electron chi connectivity index (χ1n) is 7.72. The van der Waals surface area contributed by atoms with Gasteiger partial charge in [-0.25, -0.2) is 0 Å². The fraction of sp³-hybridized carbons (Fsp3) is 0.588. The maximum absolute atomic E-state index is 12.8. The third-order valence-corrected chi connectivity index (χ3v) is 5.63. The van der Waals surface area contributed by atoms with E-state index < -0.39 is 0 Å². The molecule has 112 valence electrons. The quantitative estimate of drug-likeness (QED) is 0.637. The molecule has 4 fully saturated rings. The number of likely N-dealkylation sites (tertiary alicyclic amines) is 1. The van der Waals surface area contributed by atoms with Gasteiger partial charge < -0.3 is 15.4 Å². The summed E-state index contributed by atoms with van der Waals surface area (Å²) in [5.74, 6) is 0.562. The predicted molar refractivity (Wildman–Crippen MR) is 80.9 cm³/mol. The number of benzene rings is 1. The molecule has 0 spiro atoms. The van der Waals surface area contributed by atoms with Gasteiger partial charge in [-0.2, -0.15) is 0 Å². The van der Waals surface area contributed by atoms with Gasteiger partial charge >= 0.3 is 0 Å². The number of nitrogens with zero attached hydrogens (tertiary/aromatic N) is 1. The first-order valence-corrected chi connectivity index (χ1v) is 7.72. The van der Waals surface area contributed by atoms with Crippen LogP contribution in [0.3, 0.4) is 0 Å². The summed E-state index contributed by atoms with van der Waals surface area (Å²) in [5, 5.41) is 0. The Morgan fingerprint density at radius 2 is 1.95 bits per heavy atom. The number of nitrogens with two attached hydrogens (primary N) is 1. The van der Waals surface area contributed by atoms with Crippen LogP contribution in [0.5, 0.6) is 0 Å². The van der Waals surface area contributed by atoms with Crippen molar-refractivity contribution in [2.75, 3.05) is 5.73 Å². The third-order valence-electron chi connectivity index (χ3n) is 5.63. The van der Waals surface area contributed by atoms with E-state index in [0.717, 1.165) is 18.4 Å². The number of carbonyl (C=O) groups is 1. The van der Waals surface area contributed by atoms with Crippen molar-refractivity contribution < 1.29 is 9.53 Å². The summed E-state index contributed by atoms with van der Waals surface area (Å²) in [6.07, 6.45) is 2.20. The zero-order chi connectivity index (χ0) is 15.0. The number of anilines is 1. The fourth-order valence-electron chi connectivity index (χ4n) is 4.66. The summed E-state index contributed by atoms with van der Waals surface area (Å²) >= 11 is 0. The number of nitrogen functional groups attached to an aromatic ring is 1. The molecular weight excluding hydrogens is 264 g/mol. The minimum absolute atomic E-state index is 0.115. The maximum atomic E-state index is 12.8. The van der Waals surface area contributed by atoms with Crippen LogP contribution >= 0.6 is 0 Å². The first-order chi connectivity index (χ1) is 9.83. The molecule has 4 unspecified atom stereocenters. The SMILES string of the molecule is CC1(C)OC2(C)CCC1C1C2N1C(=O)c1ccc(N)cc1. The van der Waals surface area contributed by atoms with E-state index in [1.165, 1.54) is 0 Å². The van der Waals surface area contributed by atoms with Crippen molar-refractivity contribution in [3.05, 3.63) is 29.8 Å². The summed E-state index contributed by atoms with van der Waals surface area (Å²) in [6, 6.07) is 7.80. The molecule has 1 saturated carbocycles. The van der Waals surface area contributed by atoms with Gasteiger partial charge in [0.2, 0.25) is 0 Å². The van der Waals surface area contributed by atoms with Crippen molar-refractivity contribution in [2.24, 2.45) is 5.92 Å². The number of fused-ring (bicyclic) bond motifs is 2. The van der Waals surface area contributed by atoms with Crippen LogP contribution in [0.1, 0.15) is 44.0 Å². The molecule has 4 nitrogen and oxygen atoms in total. The van der Waals surface area contributed by atoms with Crippen LogP contribution < -0.4 is 5.73 Å². The number of rotatable bonds is 1. The lowest BCUT2D eigenvalue weighted by atomic mass is 9.69. The normalized spacial score (nSPS) is 39.0. The van der Waals surface area contributed by atoms with Gasteiger partial charge in [-0.05, 0) is 57.9 Å². The summed E-state index contributed by atoms with van der Waals surface area (Å²) < 4.78 is 6.34. The number of hydrogen-bond acceptors (Lipinski definition) is 3. The van der Waals surface area contributed by atoms with Crippen LogP contribution in [0, 0.1) is 5.92 Å². The monoisotopic (exact) mass is 286 g/mol. The highest BCUT2D eigenvalue weighted by Gasteiger charge is 2.72. The Labute approximate surface area is 125 Å². The van der Waals surface area contributed by atoms with Gasteiger partial charge in [-0.15, -0.1) is 0 Å². The lowest BCUT2D eigenvalue weighted by Gasteiger charge is -2.51. The molecule has 5 rings (SSSR count). The van der Waals surface area contributed by atoms with Crippen LogP contribution in [0.2, 0.25) is 0 Å². The fourth-order valence-corrected chi connectivity index (χ4v) is 4.66. The first kappa shape index (κ1) is 13.1. The Bertz CT molecular complexity index is 610. The summed E-state index contributed by atoms with van der Waals surface area (Å²) in [6.45, 7) is 6.49. The maximum Gasteiger partial charge on any atom is 0.254 e. The number of amides is 1. The zero-order valence-electron chi connectivity index (χ0n) is 12.8. The summed E-state index contributed by atoms with van der Waals surface area (Å²) in [4.78, 5) is 14.8. The molecule has 21 heavy (non-hydrogen) atoms. The van der Waals surface area contributed by atoms with E-state index in [2.05, 4.69) is 20.8 Å². The molecule has 3 aliphatic heterocycles. The van der Waals surface area contributed by atoms with E-state index in [1.807, 2.05) is 17.0 Å². The Balaban J connectivity index is 1.65. The van der Waals surface area contributed by atoms with Crippen molar-refractivity contribution in [3.8, 4) is 0 Å². The average Bonchev–Trinajstić information content (AvgIpc) is 3.14. The third kappa shape index (κ3) is 1.68. The Morgan fingerprint density at radius 3 is 2.57 bits per heavy atom.